The van der Waals surface area contributed by atoms with Gasteiger partial charge in [-0.3, -0.25) is 13.9 Å². The fraction of sp³-hybridized carbons (Fsp3) is 0.375. The molecule has 11 nitrogen and oxygen atoms in total. The van der Waals surface area contributed by atoms with Gasteiger partial charge in [0.15, 0.2) is 11.5 Å². The van der Waals surface area contributed by atoms with Crippen LogP contribution in [0.2, 0.25) is 0 Å². The number of nitrogens with zero attached hydrogens (tertiary/aromatic N) is 2. The van der Waals surface area contributed by atoms with Gasteiger partial charge in [0.05, 0.1) is 39.0 Å². The molecule has 0 aliphatic carbocycles. The van der Waals surface area contributed by atoms with Gasteiger partial charge < -0.3 is 29.2 Å². The summed E-state index contributed by atoms with van der Waals surface area (Å²) in [7, 11) is 1.11. The second-order valence-electron chi connectivity index (χ2n) is 10.5. The van der Waals surface area contributed by atoms with Gasteiger partial charge in [0, 0.05) is 25.2 Å². The average Bonchev–Trinajstić information content (AvgIpc) is 3.04. The second-order valence-corrected chi connectivity index (χ2v) is 12.4. The fourth-order valence-corrected chi connectivity index (χ4v) is 5.86. The van der Waals surface area contributed by atoms with Crippen LogP contribution >= 0.6 is 0 Å². The van der Waals surface area contributed by atoms with Crippen molar-refractivity contribution in [3.63, 3.8) is 0 Å². The largest absolute Gasteiger partial charge is 0.497 e. The van der Waals surface area contributed by atoms with Crippen LogP contribution in [-0.2, 0) is 26.2 Å². The van der Waals surface area contributed by atoms with Crippen molar-refractivity contribution in [2.24, 2.45) is 5.92 Å². The van der Waals surface area contributed by atoms with Crippen molar-refractivity contribution in [2.75, 3.05) is 45.8 Å². The second kappa shape index (κ2) is 15.5. The van der Waals surface area contributed by atoms with Crippen LogP contribution in [0.15, 0.2) is 65.6 Å². The molecule has 0 radical (unpaired) electrons. The maximum absolute atomic E-state index is 14.3. The Morgan fingerprint density at radius 2 is 1.44 bits per heavy atom. The van der Waals surface area contributed by atoms with E-state index in [1.165, 1.54) is 87.9 Å². The molecule has 0 aliphatic rings. The lowest BCUT2D eigenvalue weighted by atomic mass is 10.1. The minimum atomic E-state index is -4.48. The number of sulfonamides is 1. The Kier molecular flexibility index (Phi) is 12.0. The van der Waals surface area contributed by atoms with Crippen molar-refractivity contribution in [1.29, 1.82) is 0 Å². The molecule has 0 aromatic heterocycles. The van der Waals surface area contributed by atoms with Crippen molar-refractivity contribution in [2.45, 2.75) is 38.3 Å². The molecule has 0 fully saturated rings. The number of methoxy groups -OCH3 is 4. The predicted molar refractivity (Wildman–Crippen MR) is 168 cm³/mol. The van der Waals surface area contributed by atoms with Crippen molar-refractivity contribution in [3.8, 4) is 23.0 Å². The first-order valence-electron chi connectivity index (χ1n) is 14.1. The summed E-state index contributed by atoms with van der Waals surface area (Å²) in [5.74, 6) is -0.481. The number of benzene rings is 3. The molecule has 0 spiro atoms. The SMILES string of the molecule is COc1ccc(OC)c(N(CC(=O)N(Cc2ccc(F)cc2)[C@@H](C)C(=O)NCC(C)C)S(=O)(=O)c2ccc(OC)c(OC)c2)c1. The molecule has 1 N–H and O–H groups in total. The molecule has 0 saturated carbocycles. The maximum atomic E-state index is 14.3. The van der Waals surface area contributed by atoms with E-state index in [-0.39, 0.29) is 34.5 Å². The van der Waals surface area contributed by atoms with Gasteiger partial charge in [-0.05, 0) is 54.8 Å². The van der Waals surface area contributed by atoms with Gasteiger partial charge in [0.25, 0.3) is 10.0 Å². The van der Waals surface area contributed by atoms with E-state index in [4.69, 9.17) is 18.9 Å². The van der Waals surface area contributed by atoms with E-state index in [2.05, 4.69) is 5.32 Å². The van der Waals surface area contributed by atoms with Crippen LogP contribution in [0.3, 0.4) is 0 Å². The molecule has 244 valence electrons. The molecular weight excluding hydrogens is 605 g/mol. The zero-order chi connectivity index (χ0) is 33.3. The minimum Gasteiger partial charge on any atom is -0.497 e. The number of rotatable bonds is 15. The zero-order valence-electron chi connectivity index (χ0n) is 26.5. The van der Waals surface area contributed by atoms with E-state index in [0.717, 1.165) is 4.31 Å². The van der Waals surface area contributed by atoms with E-state index >= 15 is 0 Å². The maximum Gasteiger partial charge on any atom is 0.265 e. The summed E-state index contributed by atoms with van der Waals surface area (Å²) in [5.41, 5.74) is 0.570. The quantitative estimate of drug-likeness (QED) is 0.260. The molecule has 2 amide bonds. The lowest BCUT2D eigenvalue weighted by Gasteiger charge is -2.32. The fourth-order valence-electron chi connectivity index (χ4n) is 4.43. The summed E-state index contributed by atoms with van der Waals surface area (Å²) in [6.45, 7) is 4.99. The van der Waals surface area contributed by atoms with Gasteiger partial charge in [-0.2, -0.15) is 0 Å². The van der Waals surface area contributed by atoms with Gasteiger partial charge in [0.1, 0.15) is 29.9 Å². The zero-order valence-corrected chi connectivity index (χ0v) is 27.3. The van der Waals surface area contributed by atoms with Crippen LogP contribution in [0.25, 0.3) is 0 Å². The first-order valence-corrected chi connectivity index (χ1v) is 15.6. The van der Waals surface area contributed by atoms with E-state index < -0.39 is 40.2 Å². The van der Waals surface area contributed by atoms with Crippen molar-refractivity contribution < 1.29 is 41.3 Å². The Hall–Kier alpha value is -4.52. The molecular formula is C32H40FN3O8S. The highest BCUT2D eigenvalue weighted by Crippen LogP contribution is 2.37. The number of carbonyl (C=O) groups is 2. The molecule has 45 heavy (non-hydrogen) atoms. The van der Waals surface area contributed by atoms with Gasteiger partial charge in [-0.1, -0.05) is 26.0 Å². The highest BCUT2D eigenvalue weighted by molar-refractivity contribution is 7.92. The average molecular weight is 646 g/mol. The van der Waals surface area contributed by atoms with Gasteiger partial charge >= 0.3 is 0 Å². The summed E-state index contributed by atoms with van der Waals surface area (Å²) in [6.07, 6.45) is 0. The predicted octanol–water partition coefficient (Wildman–Crippen LogP) is 4.24. The van der Waals surface area contributed by atoms with Gasteiger partial charge in [-0.25, -0.2) is 12.8 Å². The first-order chi connectivity index (χ1) is 21.4. The van der Waals surface area contributed by atoms with Crippen LogP contribution in [-0.4, -0.2) is 72.7 Å². The molecule has 3 aromatic rings. The highest BCUT2D eigenvalue weighted by Gasteiger charge is 2.34. The Labute approximate surface area is 263 Å². The number of hydrogen-bond acceptors (Lipinski definition) is 8. The Morgan fingerprint density at radius 3 is 2.02 bits per heavy atom. The Bertz CT molecular complexity index is 1580. The van der Waals surface area contributed by atoms with Crippen molar-refractivity contribution >= 4 is 27.5 Å². The Balaban J connectivity index is 2.15. The number of halogens is 1. The van der Waals surface area contributed by atoms with E-state index in [9.17, 15) is 22.4 Å². The van der Waals surface area contributed by atoms with E-state index in [1.54, 1.807) is 13.0 Å². The van der Waals surface area contributed by atoms with Gasteiger partial charge in [-0.15, -0.1) is 0 Å². The van der Waals surface area contributed by atoms with E-state index in [1.807, 2.05) is 13.8 Å². The number of carbonyl (C=O) groups excluding carboxylic acids is 2. The normalized spacial score (nSPS) is 11.8. The molecule has 3 aromatic carbocycles. The van der Waals surface area contributed by atoms with Crippen LogP contribution < -0.4 is 28.6 Å². The molecule has 1 atom stereocenters. The molecule has 0 unspecified atom stereocenters. The number of nitrogens with one attached hydrogen (secondary N) is 1. The molecule has 0 saturated heterocycles. The standard InChI is InChI=1S/C32H40FN3O8S/c1-21(2)18-34-32(38)22(3)35(19-23-8-10-24(33)11-9-23)31(37)20-36(27-16-25(41-4)12-14-28(27)42-5)45(39,40)26-13-15-29(43-6)30(17-26)44-7/h8-17,21-22H,18-20H2,1-7H3,(H,34,38)/t22-/m0/s1. The van der Waals surface area contributed by atoms with Crippen LogP contribution in [0, 0.1) is 11.7 Å². The third kappa shape index (κ3) is 8.56. The summed E-state index contributed by atoms with van der Waals surface area (Å²) < 4.78 is 64.7. The first kappa shape index (κ1) is 35.0. The summed E-state index contributed by atoms with van der Waals surface area (Å²) in [4.78, 5) is 28.4. The number of anilines is 1. The topological polar surface area (TPSA) is 124 Å². The number of hydrogen-bond donors (Lipinski definition) is 1. The third-order valence-electron chi connectivity index (χ3n) is 6.99. The molecule has 13 heteroatoms. The number of ether oxygens (including phenoxy) is 4. The lowest BCUT2D eigenvalue weighted by molar-refractivity contribution is -0.139. The summed E-state index contributed by atoms with van der Waals surface area (Å²) >= 11 is 0. The number of amides is 2. The van der Waals surface area contributed by atoms with Crippen LogP contribution in [0.5, 0.6) is 23.0 Å². The summed E-state index contributed by atoms with van der Waals surface area (Å²) in [6, 6.07) is 13.1. The Morgan fingerprint density at radius 1 is 0.822 bits per heavy atom. The minimum absolute atomic E-state index is 0.0265. The molecule has 0 bridgehead atoms. The lowest BCUT2D eigenvalue weighted by Crippen LogP contribution is -2.51. The van der Waals surface area contributed by atoms with Crippen molar-refractivity contribution in [3.05, 3.63) is 72.0 Å². The van der Waals surface area contributed by atoms with Gasteiger partial charge in [0.2, 0.25) is 11.8 Å². The van der Waals surface area contributed by atoms with Crippen molar-refractivity contribution in [1.82, 2.24) is 10.2 Å². The molecule has 0 heterocycles. The molecule has 3 rings (SSSR count). The van der Waals surface area contributed by atoms with E-state index in [0.29, 0.717) is 23.6 Å². The smallest absolute Gasteiger partial charge is 0.265 e. The highest BCUT2D eigenvalue weighted by atomic mass is 32.2. The summed E-state index contributed by atoms with van der Waals surface area (Å²) in [5, 5.41) is 2.82. The monoisotopic (exact) mass is 645 g/mol. The third-order valence-corrected chi connectivity index (χ3v) is 8.75. The van der Waals surface area contributed by atoms with Crippen LogP contribution in [0.1, 0.15) is 26.3 Å². The molecule has 0 aliphatic heterocycles. The van der Waals surface area contributed by atoms with Crippen LogP contribution in [0.4, 0.5) is 10.1 Å².